The molecule has 54 valence electrons. The molecule has 0 atom stereocenters. The highest BCUT2D eigenvalue weighted by atomic mass is 35.5. The second-order valence-corrected chi connectivity index (χ2v) is 3.77. The monoisotopic (exact) mass is 148 g/mol. The third-order valence-electron chi connectivity index (χ3n) is 2.60. The summed E-state index contributed by atoms with van der Waals surface area (Å²) in [4.78, 5) is 0. The van der Waals surface area contributed by atoms with Crippen molar-refractivity contribution in [3.8, 4) is 0 Å². The van der Waals surface area contributed by atoms with Crippen LogP contribution < -0.4 is 11.3 Å². The predicted molar refractivity (Wildman–Crippen MR) is 39.3 cm³/mol. The molecule has 0 heterocycles. The number of halogens is 1. The number of rotatable bonds is 1. The van der Waals surface area contributed by atoms with Crippen molar-refractivity contribution in [3.05, 3.63) is 0 Å². The number of hydrazine groups is 1. The SMILES string of the molecule is CC12CC(NN)(C1)C2.Cl. The minimum atomic E-state index is 0. The summed E-state index contributed by atoms with van der Waals surface area (Å²) in [5, 5.41) is 0. The van der Waals surface area contributed by atoms with Gasteiger partial charge in [0.1, 0.15) is 0 Å². The summed E-state index contributed by atoms with van der Waals surface area (Å²) in [6, 6.07) is 0. The van der Waals surface area contributed by atoms with Gasteiger partial charge in [0.15, 0.2) is 0 Å². The molecule has 0 unspecified atom stereocenters. The fraction of sp³-hybridized carbons (Fsp3) is 1.00. The third kappa shape index (κ3) is 0.704. The van der Waals surface area contributed by atoms with Gasteiger partial charge in [-0.3, -0.25) is 11.3 Å². The zero-order valence-electron chi connectivity index (χ0n) is 5.61. The summed E-state index contributed by atoms with van der Waals surface area (Å²) in [5.41, 5.74) is 3.95. The molecule has 0 amide bonds. The molecule has 3 fully saturated rings. The van der Waals surface area contributed by atoms with Crippen molar-refractivity contribution in [1.29, 1.82) is 0 Å². The van der Waals surface area contributed by atoms with Crippen molar-refractivity contribution in [1.82, 2.24) is 5.43 Å². The first-order valence-electron chi connectivity index (χ1n) is 3.16. The van der Waals surface area contributed by atoms with Gasteiger partial charge in [-0.05, 0) is 24.7 Å². The van der Waals surface area contributed by atoms with Crippen LogP contribution in [0.1, 0.15) is 26.2 Å². The van der Waals surface area contributed by atoms with E-state index in [1.807, 2.05) is 0 Å². The Morgan fingerprint density at radius 2 is 1.78 bits per heavy atom. The van der Waals surface area contributed by atoms with Gasteiger partial charge in [0.05, 0.1) is 0 Å². The smallest absolute Gasteiger partial charge is 0.0337 e. The molecule has 3 aliphatic rings. The van der Waals surface area contributed by atoms with E-state index in [4.69, 9.17) is 5.84 Å². The molecule has 0 aliphatic heterocycles. The molecule has 3 aliphatic carbocycles. The van der Waals surface area contributed by atoms with Crippen LogP contribution in [-0.4, -0.2) is 5.54 Å². The maximum atomic E-state index is 5.31. The molecule has 3 rings (SSSR count). The van der Waals surface area contributed by atoms with E-state index in [0.29, 0.717) is 11.0 Å². The zero-order chi connectivity index (χ0) is 5.83. The maximum Gasteiger partial charge on any atom is 0.0337 e. The highest BCUT2D eigenvalue weighted by molar-refractivity contribution is 5.85. The van der Waals surface area contributed by atoms with Crippen LogP contribution in [0, 0.1) is 5.41 Å². The summed E-state index contributed by atoms with van der Waals surface area (Å²) < 4.78 is 0. The third-order valence-corrected chi connectivity index (χ3v) is 2.60. The molecule has 0 aromatic heterocycles. The minimum Gasteiger partial charge on any atom is -0.271 e. The first-order valence-corrected chi connectivity index (χ1v) is 3.16. The molecule has 0 saturated heterocycles. The number of hydrogen-bond donors (Lipinski definition) is 2. The van der Waals surface area contributed by atoms with E-state index in [1.165, 1.54) is 19.3 Å². The standard InChI is InChI=1S/C6H12N2.ClH/c1-5-2-6(3-5,4-5)8-7;/h8H,2-4,7H2,1H3;1H. The van der Waals surface area contributed by atoms with Gasteiger partial charge >= 0.3 is 0 Å². The van der Waals surface area contributed by atoms with Crippen molar-refractivity contribution in [2.24, 2.45) is 11.3 Å². The lowest BCUT2D eigenvalue weighted by atomic mass is 9.40. The summed E-state index contributed by atoms with van der Waals surface area (Å²) in [6.45, 7) is 2.33. The highest BCUT2D eigenvalue weighted by Crippen LogP contribution is 2.66. The van der Waals surface area contributed by atoms with Gasteiger partial charge in [-0.25, -0.2) is 0 Å². The average Bonchev–Trinajstić information content (AvgIpc) is 1.55. The van der Waals surface area contributed by atoms with Crippen molar-refractivity contribution in [3.63, 3.8) is 0 Å². The van der Waals surface area contributed by atoms with Gasteiger partial charge in [0.25, 0.3) is 0 Å². The van der Waals surface area contributed by atoms with Crippen molar-refractivity contribution < 1.29 is 0 Å². The largest absolute Gasteiger partial charge is 0.271 e. The van der Waals surface area contributed by atoms with Crippen molar-refractivity contribution >= 4 is 12.4 Å². The number of nitrogens with two attached hydrogens (primary N) is 1. The Morgan fingerprint density at radius 1 is 1.33 bits per heavy atom. The van der Waals surface area contributed by atoms with Gasteiger partial charge in [0, 0.05) is 5.54 Å². The van der Waals surface area contributed by atoms with Gasteiger partial charge in [-0.15, -0.1) is 12.4 Å². The summed E-state index contributed by atoms with van der Waals surface area (Å²) in [5.74, 6) is 5.31. The van der Waals surface area contributed by atoms with E-state index in [1.54, 1.807) is 0 Å². The summed E-state index contributed by atoms with van der Waals surface area (Å²) in [6.07, 6.45) is 3.91. The summed E-state index contributed by atoms with van der Waals surface area (Å²) in [7, 11) is 0. The van der Waals surface area contributed by atoms with Gasteiger partial charge < -0.3 is 0 Å². The van der Waals surface area contributed by atoms with E-state index >= 15 is 0 Å². The topological polar surface area (TPSA) is 38.0 Å². The lowest BCUT2D eigenvalue weighted by Gasteiger charge is -2.69. The van der Waals surface area contributed by atoms with Crippen LogP contribution in [0.15, 0.2) is 0 Å². The van der Waals surface area contributed by atoms with Gasteiger partial charge in [0.2, 0.25) is 0 Å². The van der Waals surface area contributed by atoms with Gasteiger partial charge in [-0.1, -0.05) is 6.92 Å². The molecule has 2 nitrogen and oxygen atoms in total. The van der Waals surface area contributed by atoms with Crippen molar-refractivity contribution in [2.75, 3.05) is 0 Å². The van der Waals surface area contributed by atoms with E-state index in [9.17, 15) is 0 Å². The van der Waals surface area contributed by atoms with E-state index in [0.717, 1.165) is 0 Å². The van der Waals surface area contributed by atoms with Crippen molar-refractivity contribution in [2.45, 2.75) is 31.7 Å². The Bertz CT molecular complexity index is 115. The average molecular weight is 149 g/mol. The Hall–Kier alpha value is 0.210. The summed E-state index contributed by atoms with van der Waals surface area (Å²) >= 11 is 0. The van der Waals surface area contributed by atoms with E-state index in [-0.39, 0.29) is 12.4 Å². The van der Waals surface area contributed by atoms with Crippen LogP contribution >= 0.6 is 12.4 Å². The molecule has 0 aromatic rings. The Morgan fingerprint density at radius 3 is 1.89 bits per heavy atom. The Balaban J connectivity index is 0.000000405. The lowest BCUT2D eigenvalue weighted by Crippen LogP contribution is -2.74. The van der Waals surface area contributed by atoms with Crippen LogP contribution in [0.25, 0.3) is 0 Å². The molecule has 3 saturated carbocycles. The van der Waals surface area contributed by atoms with E-state index < -0.39 is 0 Å². The van der Waals surface area contributed by atoms with Crippen LogP contribution in [-0.2, 0) is 0 Å². The molecule has 0 spiro atoms. The maximum absolute atomic E-state index is 5.31. The molecule has 2 bridgehead atoms. The molecule has 9 heavy (non-hydrogen) atoms. The first-order chi connectivity index (χ1) is 3.68. The molecule has 3 N–H and O–H groups in total. The number of nitrogens with one attached hydrogen (secondary N) is 1. The predicted octanol–water partition coefficient (Wildman–Crippen LogP) is 0.814. The normalized spacial score (nSPS) is 52.7. The molecular weight excluding hydrogens is 136 g/mol. The fourth-order valence-electron chi connectivity index (χ4n) is 2.45. The minimum absolute atomic E-state index is 0. The Labute approximate surface area is 61.6 Å². The number of hydrogen-bond acceptors (Lipinski definition) is 2. The molecule has 3 heteroatoms. The van der Waals surface area contributed by atoms with Crippen LogP contribution in [0.5, 0.6) is 0 Å². The quantitative estimate of drug-likeness (QED) is 0.427. The zero-order valence-corrected chi connectivity index (χ0v) is 6.42. The second kappa shape index (κ2) is 1.62. The van der Waals surface area contributed by atoms with E-state index in [2.05, 4.69) is 12.3 Å². The van der Waals surface area contributed by atoms with Crippen LogP contribution in [0.4, 0.5) is 0 Å². The second-order valence-electron chi connectivity index (χ2n) is 3.77. The molecule has 0 radical (unpaired) electrons. The highest BCUT2D eigenvalue weighted by Gasteiger charge is 2.64. The molecular formula is C6H13ClN2. The Kier molecular flexibility index (Phi) is 1.32. The lowest BCUT2D eigenvalue weighted by molar-refractivity contribution is -0.140. The molecule has 0 aromatic carbocycles. The van der Waals surface area contributed by atoms with Gasteiger partial charge in [-0.2, -0.15) is 0 Å². The first kappa shape index (κ1) is 7.32. The van der Waals surface area contributed by atoms with Crippen LogP contribution in [0.2, 0.25) is 0 Å². The van der Waals surface area contributed by atoms with Crippen LogP contribution in [0.3, 0.4) is 0 Å². The fourth-order valence-corrected chi connectivity index (χ4v) is 2.45.